The van der Waals surface area contributed by atoms with Crippen molar-refractivity contribution in [3.05, 3.63) is 29.8 Å². The van der Waals surface area contributed by atoms with Gasteiger partial charge in [0.05, 0.1) is 6.04 Å². The Morgan fingerprint density at radius 3 is 1.94 bits per heavy atom. The molecule has 0 amide bonds. The van der Waals surface area contributed by atoms with Crippen LogP contribution in [0, 0.1) is 0 Å². The van der Waals surface area contributed by atoms with Gasteiger partial charge in [0.15, 0.2) is 0 Å². The van der Waals surface area contributed by atoms with Crippen LogP contribution >= 0.6 is 12.4 Å². The van der Waals surface area contributed by atoms with Crippen molar-refractivity contribution in [2.75, 3.05) is 7.05 Å². The Balaban J connectivity index is 0.00000289. The topological polar surface area (TPSA) is 21.3 Å². The van der Waals surface area contributed by atoms with Crippen LogP contribution in [0.3, 0.4) is 0 Å². The van der Waals surface area contributed by atoms with Crippen LogP contribution in [-0.2, 0) is 0 Å². The van der Waals surface area contributed by atoms with E-state index in [2.05, 4.69) is 10.1 Å². The van der Waals surface area contributed by atoms with Crippen LogP contribution in [0.4, 0.5) is 22.0 Å². The average molecular weight is 292 g/mol. The molecule has 1 rings (SSSR count). The highest BCUT2D eigenvalue weighted by atomic mass is 35.5. The summed E-state index contributed by atoms with van der Waals surface area (Å²) in [6, 6.07) is 3.10. The molecule has 0 unspecified atom stereocenters. The number of hydrogen-bond acceptors (Lipinski definition) is 2. The van der Waals surface area contributed by atoms with Gasteiger partial charge in [-0.25, -0.2) is 8.78 Å². The largest absolute Gasteiger partial charge is 0.573 e. The lowest BCUT2D eigenvalue weighted by molar-refractivity contribution is -0.274. The van der Waals surface area contributed by atoms with Gasteiger partial charge >= 0.3 is 6.36 Å². The molecule has 0 aliphatic heterocycles. The molecule has 0 fully saturated rings. The molecule has 0 aromatic heterocycles. The molecule has 1 aromatic carbocycles. The van der Waals surface area contributed by atoms with Gasteiger partial charge in [0.1, 0.15) is 5.75 Å². The molecule has 0 spiro atoms. The van der Waals surface area contributed by atoms with Crippen molar-refractivity contribution in [2.45, 2.75) is 18.8 Å². The highest BCUT2D eigenvalue weighted by molar-refractivity contribution is 5.85. The van der Waals surface area contributed by atoms with Crippen LogP contribution in [0.5, 0.6) is 5.75 Å². The summed E-state index contributed by atoms with van der Waals surface area (Å²) in [4.78, 5) is 0. The minimum absolute atomic E-state index is 0. The van der Waals surface area contributed by atoms with Gasteiger partial charge in [-0.2, -0.15) is 0 Å². The Bertz CT molecular complexity index is 354. The molecule has 2 nitrogen and oxygen atoms in total. The molecule has 1 aromatic rings. The number of rotatable bonds is 4. The number of alkyl halides is 5. The molecule has 1 N–H and O–H groups in total. The van der Waals surface area contributed by atoms with Gasteiger partial charge in [-0.15, -0.1) is 25.6 Å². The molecular formula is C10H11ClF5NO. The van der Waals surface area contributed by atoms with Crippen molar-refractivity contribution in [1.82, 2.24) is 5.32 Å². The first-order chi connectivity index (χ1) is 7.83. The third-order valence-electron chi connectivity index (χ3n) is 2.04. The van der Waals surface area contributed by atoms with E-state index in [-0.39, 0.29) is 18.0 Å². The van der Waals surface area contributed by atoms with E-state index < -0.39 is 24.6 Å². The highest BCUT2D eigenvalue weighted by Gasteiger charge is 2.31. The van der Waals surface area contributed by atoms with Gasteiger partial charge in [-0.1, -0.05) is 12.1 Å². The number of halogens is 6. The molecule has 8 heteroatoms. The fourth-order valence-corrected chi connectivity index (χ4v) is 1.31. The van der Waals surface area contributed by atoms with Gasteiger partial charge in [-0.3, -0.25) is 0 Å². The summed E-state index contributed by atoms with van der Waals surface area (Å²) in [5, 5.41) is 2.37. The summed E-state index contributed by atoms with van der Waals surface area (Å²) >= 11 is 0. The normalized spacial score (nSPS) is 13.1. The maximum absolute atomic E-state index is 12.5. The third kappa shape index (κ3) is 5.05. The van der Waals surface area contributed by atoms with E-state index in [1.807, 2.05) is 0 Å². The molecule has 1 atom stereocenters. The predicted octanol–water partition coefficient (Wildman–Crippen LogP) is 3.53. The third-order valence-corrected chi connectivity index (χ3v) is 2.04. The zero-order valence-electron chi connectivity index (χ0n) is 9.17. The van der Waals surface area contributed by atoms with Crippen molar-refractivity contribution in [2.24, 2.45) is 0 Å². The SMILES string of the molecule is CN[C@@H](c1ccc(OC(F)(F)F)cc1)C(F)F.Cl. The van der Waals surface area contributed by atoms with Crippen molar-refractivity contribution in [1.29, 1.82) is 0 Å². The van der Waals surface area contributed by atoms with Crippen molar-refractivity contribution in [3.63, 3.8) is 0 Å². The van der Waals surface area contributed by atoms with E-state index in [0.717, 1.165) is 24.3 Å². The first kappa shape index (κ1) is 16.9. The summed E-state index contributed by atoms with van der Waals surface area (Å²) in [6.07, 6.45) is -7.43. The fraction of sp³-hybridized carbons (Fsp3) is 0.400. The van der Waals surface area contributed by atoms with Crippen LogP contribution in [0.15, 0.2) is 24.3 Å². The lowest BCUT2D eigenvalue weighted by atomic mass is 10.1. The molecule has 0 radical (unpaired) electrons. The Labute approximate surface area is 107 Å². The minimum atomic E-state index is -4.79. The van der Waals surface area contributed by atoms with Gasteiger partial charge in [0.2, 0.25) is 0 Å². The number of benzene rings is 1. The van der Waals surface area contributed by atoms with E-state index in [0.29, 0.717) is 0 Å². The van der Waals surface area contributed by atoms with E-state index in [1.54, 1.807) is 0 Å². The molecule has 0 aliphatic rings. The highest BCUT2D eigenvalue weighted by Crippen LogP contribution is 2.26. The Morgan fingerprint density at radius 2 is 1.61 bits per heavy atom. The van der Waals surface area contributed by atoms with Gasteiger partial charge in [-0.05, 0) is 24.7 Å². The second-order valence-electron chi connectivity index (χ2n) is 3.22. The Morgan fingerprint density at radius 1 is 1.11 bits per heavy atom. The molecule has 104 valence electrons. The van der Waals surface area contributed by atoms with E-state index >= 15 is 0 Å². The van der Waals surface area contributed by atoms with Crippen molar-refractivity contribution < 1.29 is 26.7 Å². The van der Waals surface area contributed by atoms with Gasteiger partial charge in [0.25, 0.3) is 6.43 Å². The molecule has 18 heavy (non-hydrogen) atoms. The molecule has 0 aliphatic carbocycles. The lowest BCUT2D eigenvalue weighted by Gasteiger charge is -2.16. The summed E-state index contributed by atoms with van der Waals surface area (Å²) < 4.78 is 64.1. The van der Waals surface area contributed by atoms with E-state index in [9.17, 15) is 22.0 Å². The van der Waals surface area contributed by atoms with E-state index in [1.165, 1.54) is 7.05 Å². The lowest BCUT2D eigenvalue weighted by Crippen LogP contribution is -2.23. The average Bonchev–Trinajstić information content (AvgIpc) is 2.18. The summed E-state index contributed by atoms with van der Waals surface area (Å²) in [5.41, 5.74) is 0.192. The summed E-state index contributed by atoms with van der Waals surface area (Å²) in [7, 11) is 1.34. The van der Waals surface area contributed by atoms with Crippen molar-refractivity contribution in [3.8, 4) is 5.75 Å². The second kappa shape index (κ2) is 6.75. The van der Waals surface area contributed by atoms with Gasteiger partial charge in [0, 0.05) is 0 Å². The molecular weight excluding hydrogens is 281 g/mol. The second-order valence-corrected chi connectivity index (χ2v) is 3.22. The zero-order chi connectivity index (χ0) is 13.1. The monoisotopic (exact) mass is 291 g/mol. The maximum atomic E-state index is 12.5. The first-order valence-corrected chi connectivity index (χ1v) is 4.64. The first-order valence-electron chi connectivity index (χ1n) is 4.64. The Kier molecular flexibility index (Phi) is 6.34. The number of nitrogens with one attached hydrogen (secondary N) is 1. The van der Waals surface area contributed by atoms with Gasteiger partial charge < -0.3 is 10.1 Å². The minimum Gasteiger partial charge on any atom is -0.406 e. The molecule has 0 saturated carbocycles. The fourth-order valence-electron chi connectivity index (χ4n) is 1.31. The summed E-state index contributed by atoms with van der Waals surface area (Å²) in [5.74, 6) is -0.439. The number of ether oxygens (including phenoxy) is 1. The van der Waals surface area contributed by atoms with Crippen LogP contribution in [0.1, 0.15) is 11.6 Å². The van der Waals surface area contributed by atoms with Crippen LogP contribution in [0.25, 0.3) is 0 Å². The Hall–Kier alpha value is -1.08. The standard InChI is InChI=1S/C10H10F5NO.ClH/c1-16-8(9(11)12)6-2-4-7(5-3-6)17-10(13,14)15;/h2-5,8-9,16H,1H3;1H/t8-;/m0./s1. The quantitative estimate of drug-likeness (QED) is 0.857. The molecule has 0 heterocycles. The smallest absolute Gasteiger partial charge is 0.406 e. The predicted molar refractivity (Wildman–Crippen MR) is 58.2 cm³/mol. The number of hydrogen-bond donors (Lipinski definition) is 1. The maximum Gasteiger partial charge on any atom is 0.573 e. The van der Waals surface area contributed by atoms with Crippen LogP contribution in [-0.4, -0.2) is 19.8 Å². The summed E-state index contributed by atoms with van der Waals surface area (Å²) in [6.45, 7) is 0. The van der Waals surface area contributed by atoms with Crippen LogP contribution < -0.4 is 10.1 Å². The molecule has 0 bridgehead atoms. The molecule has 0 saturated heterocycles. The van der Waals surface area contributed by atoms with E-state index in [4.69, 9.17) is 0 Å². The van der Waals surface area contributed by atoms with Crippen molar-refractivity contribution >= 4 is 12.4 Å². The zero-order valence-corrected chi connectivity index (χ0v) is 9.99. The van der Waals surface area contributed by atoms with Crippen LogP contribution in [0.2, 0.25) is 0 Å².